The van der Waals surface area contributed by atoms with E-state index in [1.54, 1.807) is 6.08 Å². The fourth-order valence-electron chi connectivity index (χ4n) is 10.1. The normalized spacial score (nSPS) is 12.9. The quantitative estimate of drug-likeness (QED) is 0.0244. The zero-order chi connectivity index (χ0) is 55.0. The minimum absolute atomic E-state index is 0.0215. The van der Waals surface area contributed by atoms with Crippen LogP contribution in [0.3, 0.4) is 0 Å². The smallest absolute Gasteiger partial charge is 0.305 e. The highest BCUT2D eigenvalue weighted by molar-refractivity contribution is 5.76. The maximum absolute atomic E-state index is 12.5. The average Bonchev–Trinajstić information content (AvgIpc) is 3.42. The van der Waals surface area contributed by atoms with Gasteiger partial charge in [0.2, 0.25) is 5.91 Å². The minimum Gasteiger partial charge on any atom is -0.466 e. The van der Waals surface area contributed by atoms with E-state index in [0.717, 1.165) is 83.5 Å². The van der Waals surface area contributed by atoms with E-state index in [-0.39, 0.29) is 18.5 Å². The van der Waals surface area contributed by atoms with Gasteiger partial charge in [0.1, 0.15) is 0 Å². The number of aliphatic hydroxyl groups excluding tert-OH is 2. The lowest BCUT2D eigenvalue weighted by Gasteiger charge is -2.20. The fourth-order valence-corrected chi connectivity index (χ4v) is 10.1. The minimum atomic E-state index is -0.854. The first-order valence-electron chi connectivity index (χ1n) is 33.6. The molecular formula is C70H129NO5. The maximum atomic E-state index is 12.5. The van der Waals surface area contributed by atoms with Crippen molar-refractivity contribution in [2.75, 3.05) is 13.2 Å². The van der Waals surface area contributed by atoms with Gasteiger partial charge in [0, 0.05) is 12.8 Å². The van der Waals surface area contributed by atoms with E-state index >= 15 is 0 Å². The SMILES string of the molecule is CCCCCC/C=C\C/C=C\CCCCCCCCCC(=O)OCCCCC/C=C\C=C/CCCCCCCCCCCCC(=O)NC(CO)C(O)/C=C/CCCCCCCCCCCCCCCCCCCCCC. The van der Waals surface area contributed by atoms with E-state index < -0.39 is 12.1 Å². The molecule has 1 amide bonds. The highest BCUT2D eigenvalue weighted by atomic mass is 16.5. The summed E-state index contributed by atoms with van der Waals surface area (Å²) < 4.78 is 5.47. The number of hydrogen-bond acceptors (Lipinski definition) is 5. The number of carbonyl (C=O) groups excluding carboxylic acids is 2. The van der Waals surface area contributed by atoms with E-state index in [1.807, 2.05) is 6.08 Å². The molecular weight excluding hydrogens is 935 g/mol. The Hall–Kier alpha value is -2.44. The molecule has 6 heteroatoms. The largest absolute Gasteiger partial charge is 0.466 e. The lowest BCUT2D eigenvalue weighted by Crippen LogP contribution is -2.45. The van der Waals surface area contributed by atoms with Gasteiger partial charge in [-0.3, -0.25) is 9.59 Å². The van der Waals surface area contributed by atoms with Crippen LogP contribution in [0.25, 0.3) is 0 Å². The van der Waals surface area contributed by atoms with Gasteiger partial charge in [0.25, 0.3) is 0 Å². The van der Waals surface area contributed by atoms with Crippen LogP contribution >= 0.6 is 0 Å². The predicted octanol–water partition coefficient (Wildman–Crippen LogP) is 21.5. The van der Waals surface area contributed by atoms with Gasteiger partial charge in [-0.1, -0.05) is 299 Å². The van der Waals surface area contributed by atoms with Crippen LogP contribution in [-0.4, -0.2) is 47.4 Å². The lowest BCUT2D eigenvalue weighted by molar-refractivity contribution is -0.143. The van der Waals surface area contributed by atoms with E-state index in [9.17, 15) is 19.8 Å². The molecule has 0 aliphatic carbocycles. The number of aliphatic hydroxyl groups is 2. The van der Waals surface area contributed by atoms with Gasteiger partial charge in [-0.25, -0.2) is 0 Å². The summed E-state index contributed by atoms with van der Waals surface area (Å²) in [5.41, 5.74) is 0. The van der Waals surface area contributed by atoms with Gasteiger partial charge in [-0.05, 0) is 96.3 Å². The predicted molar refractivity (Wildman–Crippen MR) is 333 cm³/mol. The van der Waals surface area contributed by atoms with Gasteiger partial charge < -0.3 is 20.3 Å². The Labute approximate surface area is 473 Å². The number of ether oxygens (including phenoxy) is 1. The summed E-state index contributed by atoms with van der Waals surface area (Å²) >= 11 is 0. The third-order valence-electron chi connectivity index (χ3n) is 15.3. The Morgan fingerprint density at radius 3 is 1.09 bits per heavy atom. The van der Waals surface area contributed by atoms with E-state index in [2.05, 4.69) is 67.8 Å². The second kappa shape index (κ2) is 65.1. The van der Waals surface area contributed by atoms with E-state index in [1.165, 1.54) is 238 Å². The van der Waals surface area contributed by atoms with E-state index in [0.29, 0.717) is 19.4 Å². The third-order valence-corrected chi connectivity index (χ3v) is 15.3. The van der Waals surface area contributed by atoms with Crippen LogP contribution in [-0.2, 0) is 14.3 Å². The first kappa shape index (κ1) is 73.6. The van der Waals surface area contributed by atoms with Crippen molar-refractivity contribution >= 4 is 11.9 Å². The second-order valence-corrected chi connectivity index (χ2v) is 22.8. The number of nitrogens with one attached hydrogen (secondary N) is 1. The molecule has 0 aromatic carbocycles. The maximum Gasteiger partial charge on any atom is 0.305 e. The average molecular weight is 1060 g/mol. The molecule has 2 atom stereocenters. The number of allylic oxidation sites excluding steroid dienone is 9. The van der Waals surface area contributed by atoms with Gasteiger partial charge in [-0.15, -0.1) is 0 Å². The zero-order valence-electron chi connectivity index (χ0n) is 50.7. The zero-order valence-corrected chi connectivity index (χ0v) is 50.7. The van der Waals surface area contributed by atoms with Crippen LogP contribution < -0.4 is 5.32 Å². The summed E-state index contributed by atoms with van der Waals surface area (Å²) in [5, 5.41) is 23.2. The van der Waals surface area contributed by atoms with Crippen LogP contribution in [0.5, 0.6) is 0 Å². The highest BCUT2D eigenvalue weighted by Crippen LogP contribution is 2.17. The monoisotopic (exact) mass is 1060 g/mol. The molecule has 76 heavy (non-hydrogen) atoms. The number of esters is 1. The van der Waals surface area contributed by atoms with Crippen molar-refractivity contribution in [3.8, 4) is 0 Å². The number of rotatable bonds is 62. The van der Waals surface area contributed by atoms with Crippen molar-refractivity contribution < 1.29 is 24.5 Å². The number of hydrogen-bond donors (Lipinski definition) is 3. The van der Waals surface area contributed by atoms with Crippen molar-refractivity contribution in [3.05, 3.63) is 60.8 Å². The molecule has 444 valence electrons. The Morgan fingerprint density at radius 2 is 0.697 bits per heavy atom. The summed E-state index contributed by atoms with van der Waals surface area (Å²) in [6, 6.07) is -0.638. The molecule has 0 saturated carbocycles. The molecule has 0 aromatic heterocycles. The Balaban J connectivity index is 3.50. The Morgan fingerprint density at radius 1 is 0.382 bits per heavy atom. The summed E-state index contributed by atoms with van der Waals surface area (Å²) in [6.07, 6.45) is 85.6. The van der Waals surface area contributed by atoms with Crippen LogP contribution in [0, 0.1) is 0 Å². The molecule has 6 nitrogen and oxygen atoms in total. The molecule has 0 aromatic rings. The molecule has 0 spiro atoms. The van der Waals surface area contributed by atoms with Gasteiger partial charge in [-0.2, -0.15) is 0 Å². The molecule has 2 unspecified atom stereocenters. The number of unbranched alkanes of at least 4 members (excludes halogenated alkanes) is 44. The van der Waals surface area contributed by atoms with Crippen LogP contribution in [0.1, 0.15) is 348 Å². The molecule has 0 bridgehead atoms. The second-order valence-electron chi connectivity index (χ2n) is 22.8. The number of amides is 1. The third kappa shape index (κ3) is 60.8. The van der Waals surface area contributed by atoms with Gasteiger partial charge in [0.15, 0.2) is 0 Å². The van der Waals surface area contributed by atoms with Crippen LogP contribution in [0.2, 0.25) is 0 Å². The highest BCUT2D eigenvalue weighted by Gasteiger charge is 2.18. The molecule has 0 aliphatic heterocycles. The number of carbonyl (C=O) groups is 2. The lowest BCUT2D eigenvalue weighted by atomic mass is 10.0. The molecule has 0 heterocycles. The molecule has 0 aliphatic rings. The Kier molecular flexibility index (Phi) is 63.0. The van der Waals surface area contributed by atoms with Gasteiger partial charge >= 0.3 is 5.97 Å². The summed E-state index contributed by atoms with van der Waals surface area (Å²) in [5.74, 6) is -0.0975. The topological polar surface area (TPSA) is 95.9 Å². The Bertz CT molecular complexity index is 1320. The first-order valence-corrected chi connectivity index (χ1v) is 33.6. The molecule has 0 radical (unpaired) electrons. The standard InChI is InChI=1S/C70H129NO5/c1-3-5-7-9-11-13-15-17-19-21-23-24-25-27-30-34-38-42-46-50-54-58-62-68(73)67(66-72)71-69(74)63-59-55-51-47-43-39-35-31-28-26-29-33-37-41-45-49-53-57-61-65-76-70(75)64-60-56-52-48-44-40-36-32-22-20-18-16-14-12-10-8-6-4-2/h14,16,20,22,33,37,41,45,58,62,67-68,72-73H,3-13,15,17-19,21,23-32,34-36,38-40,42-44,46-57,59-61,63-66H2,1-2H3,(H,71,74)/b16-14-,22-20-,37-33-,45-41-,62-58+. The molecule has 0 fully saturated rings. The molecule has 3 N–H and O–H groups in total. The van der Waals surface area contributed by atoms with Crippen molar-refractivity contribution in [2.45, 2.75) is 360 Å². The molecule has 0 rings (SSSR count). The van der Waals surface area contributed by atoms with Gasteiger partial charge in [0.05, 0.1) is 25.4 Å². The molecule has 0 saturated heterocycles. The summed E-state index contributed by atoms with van der Waals surface area (Å²) in [6.45, 7) is 4.86. The fraction of sp³-hybridized carbons (Fsp3) is 0.829. The van der Waals surface area contributed by atoms with Crippen molar-refractivity contribution in [3.63, 3.8) is 0 Å². The van der Waals surface area contributed by atoms with Crippen molar-refractivity contribution in [1.29, 1.82) is 0 Å². The summed E-state index contributed by atoms with van der Waals surface area (Å²) in [4.78, 5) is 24.6. The van der Waals surface area contributed by atoms with Crippen molar-refractivity contribution in [1.82, 2.24) is 5.32 Å². The van der Waals surface area contributed by atoms with E-state index in [4.69, 9.17) is 4.74 Å². The van der Waals surface area contributed by atoms with Crippen molar-refractivity contribution in [2.24, 2.45) is 0 Å². The first-order chi connectivity index (χ1) is 37.5. The van der Waals surface area contributed by atoms with Crippen LogP contribution in [0.15, 0.2) is 60.8 Å². The van der Waals surface area contributed by atoms with Crippen LogP contribution in [0.4, 0.5) is 0 Å². The summed E-state index contributed by atoms with van der Waals surface area (Å²) in [7, 11) is 0.